The van der Waals surface area contributed by atoms with E-state index in [4.69, 9.17) is 39.9 Å². The van der Waals surface area contributed by atoms with Gasteiger partial charge in [0, 0.05) is 24.0 Å². The van der Waals surface area contributed by atoms with Gasteiger partial charge in [-0.1, -0.05) is 12.8 Å². The summed E-state index contributed by atoms with van der Waals surface area (Å²) in [6, 6.07) is 10.5. The number of ether oxygens (including phenoxy) is 6. The standard InChI is InChI=1S/C32H46N2O8/c33-13-5-1-3-7-27(35)25-9-11-29-31(23-25)41-21-17-37-16-20-40-30-12-10-26(28(36)8-4-2-6-14-34)24-32(30)42-22-18-38-15-19-39-29/h9-12,23-24H,1-8,13-22,33-34H2. The number of carbonyl (C=O) groups is 2. The van der Waals surface area contributed by atoms with E-state index in [1.54, 1.807) is 36.4 Å². The molecule has 4 N–H and O–H groups in total. The normalized spacial score (nSPS) is 14.9. The van der Waals surface area contributed by atoms with Gasteiger partial charge in [0.25, 0.3) is 0 Å². The predicted molar refractivity (Wildman–Crippen MR) is 160 cm³/mol. The first-order valence-corrected chi connectivity index (χ1v) is 15.0. The number of benzene rings is 2. The first kappa shape index (κ1) is 33.3. The fourth-order valence-corrected chi connectivity index (χ4v) is 4.38. The van der Waals surface area contributed by atoms with Gasteiger partial charge in [0.2, 0.25) is 0 Å². The lowest BCUT2D eigenvalue weighted by Gasteiger charge is -2.16. The second kappa shape index (κ2) is 19.9. The second-order valence-electron chi connectivity index (χ2n) is 9.99. The van der Waals surface area contributed by atoms with Crippen LogP contribution in [0.25, 0.3) is 0 Å². The molecule has 0 aliphatic carbocycles. The number of hydrogen-bond donors (Lipinski definition) is 2. The molecule has 2 aromatic rings. The van der Waals surface area contributed by atoms with Gasteiger partial charge in [-0.25, -0.2) is 0 Å². The van der Waals surface area contributed by atoms with E-state index < -0.39 is 0 Å². The van der Waals surface area contributed by atoms with Crippen LogP contribution < -0.4 is 30.4 Å². The minimum Gasteiger partial charge on any atom is -0.487 e. The average Bonchev–Trinajstić information content (AvgIpc) is 3.00. The van der Waals surface area contributed by atoms with Crippen molar-refractivity contribution in [3.63, 3.8) is 0 Å². The zero-order valence-electron chi connectivity index (χ0n) is 24.6. The van der Waals surface area contributed by atoms with E-state index in [-0.39, 0.29) is 24.8 Å². The zero-order valence-corrected chi connectivity index (χ0v) is 24.6. The highest BCUT2D eigenvalue weighted by atomic mass is 16.6. The molecule has 3 rings (SSSR count). The van der Waals surface area contributed by atoms with Gasteiger partial charge in [-0.2, -0.15) is 0 Å². The molecule has 1 aliphatic rings. The van der Waals surface area contributed by atoms with Gasteiger partial charge in [-0.15, -0.1) is 0 Å². The third-order valence-corrected chi connectivity index (χ3v) is 6.69. The average molecular weight is 587 g/mol. The van der Waals surface area contributed by atoms with Gasteiger partial charge in [0.15, 0.2) is 34.6 Å². The third kappa shape index (κ3) is 12.0. The molecule has 0 unspecified atom stereocenters. The summed E-state index contributed by atoms with van der Waals surface area (Å²) in [7, 11) is 0. The van der Waals surface area contributed by atoms with Crippen LogP contribution in [0.3, 0.4) is 0 Å². The molecule has 0 aromatic heterocycles. The lowest BCUT2D eigenvalue weighted by Crippen LogP contribution is -2.16. The topological polar surface area (TPSA) is 142 Å². The Balaban J connectivity index is 1.57. The van der Waals surface area contributed by atoms with Gasteiger partial charge >= 0.3 is 0 Å². The van der Waals surface area contributed by atoms with Crippen LogP contribution >= 0.6 is 0 Å². The maximum Gasteiger partial charge on any atom is 0.163 e. The van der Waals surface area contributed by atoms with Crippen molar-refractivity contribution >= 4 is 11.6 Å². The van der Waals surface area contributed by atoms with E-state index in [1.165, 1.54) is 0 Å². The first-order chi connectivity index (χ1) is 20.6. The van der Waals surface area contributed by atoms with Gasteiger partial charge in [0.05, 0.1) is 26.4 Å². The summed E-state index contributed by atoms with van der Waals surface area (Å²) in [6.07, 6.45) is 6.24. The largest absolute Gasteiger partial charge is 0.487 e. The van der Waals surface area contributed by atoms with Crippen molar-refractivity contribution in [2.24, 2.45) is 11.5 Å². The van der Waals surface area contributed by atoms with E-state index in [0.29, 0.717) is 99.7 Å². The minimum atomic E-state index is 0.0638. The summed E-state index contributed by atoms with van der Waals surface area (Å²) in [5, 5.41) is 0. The lowest BCUT2D eigenvalue weighted by atomic mass is 10.0. The van der Waals surface area contributed by atoms with Crippen LogP contribution in [0.1, 0.15) is 72.1 Å². The van der Waals surface area contributed by atoms with Crippen molar-refractivity contribution in [2.75, 3.05) is 65.9 Å². The van der Waals surface area contributed by atoms with Crippen molar-refractivity contribution in [2.45, 2.75) is 51.4 Å². The summed E-state index contributed by atoms with van der Waals surface area (Å²) in [6.45, 7) is 3.72. The van der Waals surface area contributed by atoms with Gasteiger partial charge in [-0.3, -0.25) is 9.59 Å². The highest BCUT2D eigenvalue weighted by molar-refractivity contribution is 5.97. The van der Waals surface area contributed by atoms with Crippen molar-refractivity contribution in [1.29, 1.82) is 0 Å². The Morgan fingerprint density at radius 1 is 0.500 bits per heavy atom. The molecule has 42 heavy (non-hydrogen) atoms. The number of rotatable bonds is 12. The summed E-state index contributed by atoms with van der Waals surface area (Å²) in [5.74, 6) is 2.18. The third-order valence-electron chi connectivity index (χ3n) is 6.69. The summed E-state index contributed by atoms with van der Waals surface area (Å²) in [5.41, 5.74) is 12.3. The molecular formula is C32H46N2O8. The Kier molecular flexibility index (Phi) is 15.8. The van der Waals surface area contributed by atoms with E-state index in [9.17, 15) is 9.59 Å². The maximum absolute atomic E-state index is 12.7. The highest BCUT2D eigenvalue weighted by Crippen LogP contribution is 2.30. The fraction of sp³-hybridized carbons (Fsp3) is 0.562. The van der Waals surface area contributed by atoms with E-state index in [1.807, 2.05) is 0 Å². The SMILES string of the molecule is NCCCCCC(=O)c1ccc2c(c1)OCCOCCOc1ccc(C(=O)CCCCCN)cc1OCCOCCO2. The number of Topliss-reactive ketones (excluding diaryl/α,β-unsaturated/α-hetero) is 2. The molecule has 0 atom stereocenters. The van der Waals surface area contributed by atoms with Crippen LogP contribution in [-0.4, -0.2) is 77.5 Å². The molecule has 1 heterocycles. The Morgan fingerprint density at radius 2 is 0.881 bits per heavy atom. The van der Waals surface area contributed by atoms with Crippen LogP contribution in [0.2, 0.25) is 0 Å². The van der Waals surface area contributed by atoms with E-state index in [0.717, 1.165) is 38.5 Å². The van der Waals surface area contributed by atoms with E-state index >= 15 is 0 Å². The lowest BCUT2D eigenvalue weighted by molar-refractivity contribution is 0.0639. The number of unbranched alkanes of at least 4 members (excludes halogenated alkanes) is 4. The molecule has 2 aromatic carbocycles. The van der Waals surface area contributed by atoms with Crippen LogP contribution in [0.4, 0.5) is 0 Å². The zero-order chi connectivity index (χ0) is 29.8. The molecule has 0 saturated heterocycles. The molecule has 232 valence electrons. The Bertz CT molecular complexity index is 1010. The Morgan fingerprint density at radius 3 is 1.26 bits per heavy atom. The van der Waals surface area contributed by atoms with Gasteiger partial charge in [0.1, 0.15) is 26.4 Å². The summed E-state index contributed by atoms with van der Waals surface area (Å²) >= 11 is 0. The molecule has 0 spiro atoms. The van der Waals surface area contributed by atoms with Crippen LogP contribution in [0.15, 0.2) is 36.4 Å². The van der Waals surface area contributed by atoms with Crippen LogP contribution in [0, 0.1) is 0 Å². The van der Waals surface area contributed by atoms with Crippen LogP contribution in [-0.2, 0) is 9.47 Å². The molecule has 0 bridgehead atoms. The quantitative estimate of drug-likeness (QED) is 0.272. The van der Waals surface area contributed by atoms with Crippen molar-refractivity contribution in [1.82, 2.24) is 0 Å². The molecule has 0 amide bonds. The van der Waals surface area contributed by atoms with Gasteiger partial charge < -0.3 is 39.9 Å². The van der Waals surface area contributed by atoms with Gasteiger partial charge in [-0.05, 0) is 75.2 Å². The number of carbonyl (C=O) groups excluding carboxylic acids is 2. The molecule has 0 saturated carbocycles. The van der Waals surface area contributed by atoms with Crippen molar-refractivity contribution < 1.29 is 38.0 Å². The second-order valence-corrected chi connectivity index (χ2v) is 9.99. The number of ketones is 2. The summed E-state index contributed by atoms with van der Waals surface area (Å²) < 4.78 is 35.1. The predicted octanol–water partition coefficient (Wildman–Crippen LogP) is 4.35. The molecule has 10 heteroatoms. The summed E-state index contributed by atoms with van der Waals surface area (Å²) in [4.78, 5) is 25.3. The first-order valence-electron chi connectivity index (χ1n) is 15.0. The molecular weight excluding hydrogens is 540 g/mol. The fourth-order valence-electron chi connectivity index (χ4n) is 4.38. The maximum atomic E-state index is 12.7. The molecule has 10 nitrogen and oxygen atoms in total. The number of hydrogen-bond acceptors (Lipinski definition) is 10. The van der Waals surface area contributed by atoms with Crippen molar-refractivity contribution in [3.05, 3.63) is 47.5 Å². The van der Waals surface area contributed by atoms with Crippen molar-refractivity contribution in [3.8, 4) is 23.0 Å². The Hall–Kier alpha value is -3.18. The number of fused-ring (bicyclic) bond motifs is 2. The van der Waals surface area contributed by atoms with E-state index in [2.05, 4.69) is 0 Å². The minimum absolute atomic E-state index is 0.0638. The molecule has 0 fully saturated rings. The molecule has 0 radical (unpaired) electrons. The van der Waals surface area contributed by atoms with Crippen LogP contribution in [0.5, 0.6) is 23.0 Å². The molecule has 1 aliphatic heterocycles. The smallest absolute Gasteiger partial charge is 0.163 e. The Labute approximate surface area is 248 Å². The monoisotopic (exact) mass is 586 g/mol. The highest BCUT2D eigenvalue weighted by Gasteiger charge is 2.14. The number of nitrogens with two attached hydrogens (primary N) is 2.